The second-order valence-electron chi connectivity index (χ2n) is 6.58. The van der Waals surface area contributed by atoms with Crippen LogP contribution in [0.4, 0.5) is 0 Å². The van der Waals surface area contributed by atoms with Crippen LogP contribution in [0, 0.1) is 0 Å². The number of nitrogens with one attached hydrogen (secondary N) is 1. The van der Waals surface area contributed by atoms with Crippen LogP contribution in [-0.4, -0.2) is 36.3 Å². The lowest BCUT2D eigenvalue weighted by atomic mass is 9.98. The third-order valence-corrected chi connectivity index (χ3v) is 4.58. The summed E-state index contributed by atoms with van der Waals surface area (Å²) in [6.07, 6.45) is 6.02. The summed E-state index contributed by atoms with van der Waals surface area (Å²) >= 11 is 0. The molecule has 4 rings (SSSR count). The van der Waals surface area contributed by atoms with Gasteiger partial charge in [-0.3, -0.25) is 0 Å². The minimum atomic E-state index is 0.542. The molecule has 0 amide bonds. The fourth-order valence-corrected chi connectivity index (χ4v) is 3.25. The highest BCUT2D eigenvalue weighted by Crippen LogP contribution is 2.28. The van der Waals surface area contributed by atoms with Gasteiger partial charge in [0.15, 0.2) is 0 Å². The molecule has 3 aromatic rings. The van der Waals surface area contributed by atoms with E-state index >= 15 is 0 Å². The predicted molar refractivity (Wildman–Crippen MR) is 105 cm³/mol. The molecule has 1 N–H and O–H groups in total. The summed E-state index contributed by atoms with van der Waals surface area (Å²) in [7, 11) is 0. The van der Waals surface area contributed by atoms with Crippen molar-refractivity contribution >= 4 is 0 Å². The van der Waals surface area contributed by atoms with Crippen LogP contribution in [0.1, 0.15) is 16.7 Å². The van der Waals surface area contributed by atoms with Crippen LogP contribution in [0.25, 0.3) is 11.1 Å². The van der Waals surface area contributed by atoms with Crippen LogP contribution in [0.5, 0.6) is 5.75 Å². The van der Waals surface area contributed by atoms with E-state index in [1.54, 1.807) is 6.33 Å². The Bertz CT molecular complexity index is 884. The highest BCUT2D eigenvalue weighted by atomic mass is 16.5. The maximum atomic E-state index is 6.02. The van der Waals surface area contributed by atoms with E-state index in [2.05, 4.69) is 51.7 Å². The standard InChI is InChI=1S/C22H23N3O2/c1-2-17-10-18(3-1)13-23-6-7-26-8-9-27-22-5-4-19(12-20(22)11-17)21-14-24-16-25-15-21/h1-5,10,12,14-16,23H,6-9,11,13H2. The van der Waals surface area contributed by atoms with E-state index in [0.29, 0.717) is 19.8 Å². The molecule has 2 bridgehead atoms. The molecule has 0 saturated carbocycles. The van der Waals surface area contributed by atoms with Gasteiger partial charge in [0.25, 0.3) is 0 Å². The lowest BCUT2D eigenvalue weighted by Crippen LogP contribution is -2.21. The first-order valence-corrected chi connectivity index (χ1v) is 9.26. The van der Waals surface area contributed by atoms with E-state index in [0.717, 1.165) is 42.0 Å². The van der Waals surface area contributed by atoms with E-state index in [-0.39, 0.29) is 0 Å². The summed E-state index contributed by atoms with van der Waals surface area (Å²) < 4.78 is 11.7. The van der Waals surface area contributed by atoms with Crippen LogP contribution in [0.2, 0.25) is 0 Å². The molecule has 1 aromatic heterocycles. The van der Waals surface area contributed by atoms with Gasteiger partial charge in [0.05, 0.1) is 13.2 Å². The molecule has 0 radical (unpaired) electrons. The third kappa shape index (κ3) is 4.70. The van der Waals surface area contributed by atoms with Gasteiger partial charge in [0, 0.05) is 37.5 Å². The number of aromatic nitrogens is 2. The molecule has 1 aliphatic rings. The van der Waals surface area contributed by atoms with Crippen molar-refractivity contribution in [2.45, 2.75) is 13.0 Å². The fraction of sp³-hybridized carbons (Fsp3) is 0.273. The average molecular weight is 361 g/mol. The third-order valence-electron chi connectivity index (χ3n) is 4.58. The number of fused-ring (bicyclic) bond motifs is 3. The zero-order chi connectivity index (χ0) is 18.3. The average Bonchev–Trinajstić information content (AvgIpc) is 2.71. The molecule has 27 heavy (non-hydrogen) atoms. The summed E-state index contributed by atoms with van der Waals surface area (Å²) in [5.74, 6) is 0.903. The van der Waals surface area contributed by atoms with Crippen LogP contribution >= 0.6 is 0 Å². The van der Waals surface area contributed by atoms with Crippen molar-refractivity contribution in [3.8, 4) is 16.9 Å². The zero-order valence-electron chi connectivity index (χ0n) is 15.2. The molecular weight excluding hydrogens is 338 g/mol. The summed E-state index contributed by atoms with van der Waals surface area (Å²) in [5, 5.41) is 3.42. The number of ether oxygens (including phenoxy) is 2. The predicted octanol–water partition coefficient (Wildman–Crippen LogP) is 3.23. The van der Waals surface area contributed by atoms with Gasteiger partial charge in [-0.05, 0) is 34.4 Å². The van der Waals surface area contributed by atoms with E-state index in [1.807, 2.05) is 18.5 Å². The van der Waals surface area contributed by atoms with Gasteiger partial charge >= 0.3 is 0 Å². The Labute approximate surface area is 159 Å². The number of rotatable bonds is 1. The molecule has 1 aliphatic heterocycles. The number of nitrogens with zero attached hydrogens (tertiary/aromatic N) is 2. The highest BCUT2D eigenvalue weighted by molar-refractivity contribution is 5.64. The number of benzene rings is 2. The monoisotopic (exact) mass is 361 g/mol. The number of hydrogen-bond donors (Lipinski definition) is 1. The smallest absolute Gasteiger partial charge is 0.122 e. The van der Waals surface area contributed by atoms with E-state index in [4.69, 9.17) is 9.47 Å². The van der Waals surface area contributed by atoms with E-state index < -0.39 is 0 Å². The van der Waals surface area contributed by atoms with Crippen LogP contribution < -0.4 is 10.1 Å². The molecular formula is C22H23N3O2. The van der Waals surface area contributed by atoms with Crippen molar-refractivity contribution in [1.29, 1.82) is 0 Å². The van der Waals surface area contributed by atoms with Gasteiger partial charge in [-0.15, -0.1) is 0 Å². The quantitative estimate of drug-likeness (QED) is 0.721. The molecule has 0 atom stereocenters. The van der Waals surface area contributed by atoms with Gasteiger partial charge < -0.3 is 14.8 Å². The molecule has 0 fully saturated rings. The molecule has 2 heterocycles. The summed E-state index contributed by atoms with van der Waals surface area (Å²) in [4.78, 5) is 8.26. The van der Waals surface area contributed by atoms with Gasteiger partial charge in [0.2, 0.25) is 0 Å². The molecule has 5 nitrogen and oxygen atoms in total. The van der Waals surface area contributed by atoms with E-state index in [1.165, 1.54) is 11.1 Å². The van der Waals surface area contributed by atoms with Gasteiger partial charge in [-0.2, -0.15) is 0 Å². The lowest BCUT2D eigenvalue weighted by molar-refractivity contribution is 0.101. The summed E-state index contributed by atoms with van der Waals surface area (Å²) in [6, 6.07) is 15.0. The molecule has 0 spiro atoms. The minimum Gasteiger partial charge on any atom is -0.491 e. The Morgan fingerprint density at radius 2 is 1.74 bits per heavy atom. The maximum Gasteiger partial charge on any atom is 0.122 e. The van der Waals surface area contributed by atoms with Gasteiger partial charge in [0.1, 0.15) is 18.7 Å². The first-order chi connectivity index (χ1) is 13.4. The first-order valence-electron chi connectivity index (χ1n) is 9.26. The maximum absolute atomic E-state index is 6.02. The van der Waals surface area contributed by atoms with Crippen molar-refractivity contribution in [2.75, 3.05) is 26.4 Å². The summed E-state index contributed by atoms with van der Waals surface area (Å²) in [6.45, 7) is 3.50. The number of hydrogen-bond acceptors (Lipinski definition) is 5. The Hall–Kier alpha value is -2.76. The van der Waals surface area contributed by atoms with Crippen LogP contribution in [-0.2, 0) is 17.7 Å². The van der Waals surface area contributed by atoms with Crippen molar-refractivity contribution in [3.63, 3.8) is 0 Å². The second-order valence-corrected chi connectivity index (χ2v) is 6.58. The minimum absolute atomic E-state index is 0.542. The van der Waals surface area contributed by atoms with Crippen LogP contribution in [0.15, 0.2) is 61.2 Å². The molecule has 0 unspecified atom stereocenters. The Morgan fingerprint density at radius 1 is 0.852 bits per heavy atom. The van der Waals surface area contributed by atoms with Gasteiger partial charge in [-0.25, -0.2) is 9.97 Å². The Morgan fingerprint density at radius 3 is 2.67 bits per heavy atom. The van der Waals surface area contributed by atoms with Crippen molar-refractivity contribution in [2.24, 2.45) is 0 Å². The largest absolute Gasteiger partial charge is 0.491 e. The van der Waals surface area contributed by atoms with Crippen molar-refractivity contribution < 1.29 is 9.47 Å². The topological polar surface area (TPSA) is 56.3 Å². The fourth-order valence-electron chi connectivity index (χ4n) is 3.25. The normalized spacial score (nSPS) is 15.3. The van der Waals surface area contributed by atoms with Crippen molar-refractivity contribution in [3.05, 3.63) is 77.9 Å². The molecule has 5 heteroatoms. The Kier molecular flexibility index (Phi) is 5.72. The van der Waals surface area contributed by atoms with Gasteiger partial charge in [-0.1, -0.05) is 30.3 Å². The first kappa shape index (κ1) is 17.6. The highest BCUT2D eigenvalue weighted by Gasteiger charge is 2.10. The molecule has 2 aromatic carbocycles. The molecule has 0 saturated heterocycles. The van der Waals surface area contributed by atoms with E-state index in [9.17, 15) is 0 Å². The van der Waals surface area contributed by atoms with Crippen molar-refractivity contribution in [1.82, 2.24) is 15.3 Å². The second kappa shape index (κ2) is 8.75. The molecule has 0 aliphatic carbocycles. The lowest BCUT2D eigenvalue weighted by Gasteiger charge is -2.15. The SMILES string of the molecule is c1cc2cc(c1)Cc1cc(-c3cncnc3)ccc1OCCOCCNC2. The zero-order valence-corrected chi connectivity index (χ0v) is 15.2. The van der Waals surface area contributed by atoms with Crippen LogP contribution in [0.3, 0.4) is 0 Å². The molecule has 138 valence electrons. The Balaban J connectivity index is 1.68. The summed E-state index contributed by atoms with van der Waals surface area (Å²) in [5.41, 5.74) is 5.79.